The number of hydrogen-bond acceptors (Lipinski definition) is 11. The van der Waals surface area contributed by atoms with Gasteiger partial charge in [0, 0.05) is 43.2 Å². The molecule has 16 heteroatoms. The van der Waals surface area contributed by atoms with Gasteiger partial charge in [-0.25, -0.2) is 0 Å². The van der Waals surface area contributed by atoms with Gasteiger partial charge in [0.1, 0.15) is 55.4 Å². The van der Waals surface area contributed by atoms with Crippen molar-refractivity contribution in [2.24, 2.45) is 17.2 Å². The second kappa shape index (κ2) is 25.2. The van der Waals surface area contributed by atoms with E-state index in [9.17, 15) is 29.2 Å². The Bertz CT molecular complexity index is 2090. The first-order chi connectivity index (χ1) is 30.4. The number of nitrogens with zero attached hydrogens (tertiary/aromatic N) is 2. The number of ether oxygens (including phenoxy) is 2. The Kier molecular flexibility index (Phi) is 19.8. The molecular weight excluding hydrogens is 803 g/mol. The summed E-state index contributed by atoms with van der Waals surface area (Å²) in [5.41, 5.74) is 22.0. The van der Waals surface area contributed by atoms with Crippen LogP contribution in [0.2, 0.25) is 0 Å². The average molecular weight is 868 g/mol. The van der Waals surface area contributed by atoms with Gasteiger partial charge in [0.05, 0.1) is 6.07 Å². The molecule has 4 atom stereocenters. The van der Waals surface area contributed by atoms with Crippen molar-refractivity contribution in [1.29, 1.82) is 5.26 Å². The summed E-state index contributed by atoms with van der Waals surface area (Å²) in [6, 6.07) is 13.1. The molecule has 0 saturated heterocycles. The lowest BCUT2D eigenvalue weighted by Gasteiger charge is -2.33. The molecule has 3 aromatic carbocycles. The molecule has 1 heterocycles. The van der Waals surface area contributed by atoms with E-state index in [1.165, 1.54) is 31.2 Å². The van der Waals surface area contributed by atoms with Crippen molar-refractivity contribution in [1.82, 2.24) is 26.2 Å². The Hall–Kier alpha value is -6.02. The molecule has 16 nitrogen and oxygen atoms in total. The first kappa shape index (κ1) is 49.6. The van der Waals surface area contributed by atoms with Gasteiger partial charge in [-0.2, -0.15) is 5.26 Å². The molecule has 0 fully saturated rings. The zero-order valence-corrected chi connectivity index (χ0v) is 37.1. The van der Waals surface area contributed by atoms with Crippen LogP contribution in [0, 0.1) is 18.3 Å². The zero-order chi connectivity index (χ0) is 45.9. The van der Waals surface area contributed by atoms with Gasteiger partial charge in [-0.1, -0.05) is 63.8 Å². The molecule has 0 spiro atoms. The molecule has 5 amide bonds. The average Bonchev–Trinajstić information content (AvgIpc) is 3.27. The second-order valence-electron chi connectivity index (χ2n) is 15.7. The molecule has 0 aromatic heterocycles. The van der Waals surface area contributed by atoms with Crippen molar-refractivity contribution in [2.75, 3.05) is 46.4 Å². The minimum Gasteiger partial charge on any atom is -0.492 e. The molecule has 1 aliphatic rings. The predicted molar refractivity (Wildman–Crippen MR) is 242 cm³/mol. The van der Waals surface area contributed by atoms with Crippen LogP contribution in [0.1, 0.15) is 97.4 Å². The van der Waals surface area contributed by atoms with E-state index in [2.05, 4.69) is 28.2 Å². The van der Waals surface area contributed by atoms with E-state index in [0.717, 1.165) is 30.4 Å². The Morgan fingerprint density at radius 1 is 0.873 bits per heavy atom. The summed E-state index contributed by atoms with van der Waals surface area (Å²) in [4.78, 5) is 71.7. The van der Waals surface area contributed by atoms with Gasteiger partial charge in [-0.3, -0.25) is 24.0 Å². The first-order valence-corrected chi connectivity index (χ1v) is 22.0. The number of carbonyl (C=O) groups excluding carboxylic acids is 5. The zero-order valence-electron chi connectivity index (χ0n) is 37.1. The monoisotopic (exact) mass is 868 g/mol. The largest absolute Gasteiger partial charge is 0.492 e. The summed E-state index contributed by atoms with van der Waals surface area (Å²) in [7, 11) is 1.46. The maximum atomic E-state index is 14.7. The van der Waals surface area contributed by atoms with E-state index in [0.29, 0.717) is 39.3 Å². The van der Waals surface area contributed by atoms with Crippen LogP contribution >= 0.6 is 0 Å². The van der Waals surface area contributed by atoms with E-state index >= 15 is 0 Å². The summed E-state index contributed by atoms with van der Waals surface area (Å²) in [5, 5.41) is 20.2. The summed E-state index contributed by atoms with van der Waals surface area (Å²) in [6.45, 7) is 6.25. The Morgan fingerprint density at radius 2 is 1.56 bits per heavy atom. The highest BCUT2D eigenvalue weighted by Crippen LogP contribution is 2.40. The third kappa shape index (κ3) is 13.7. The minimum absolute atomic E-state index is 0.0210. The van der Waals surface area contributed by atoms with Crippen LogP contribution in [0.3, 0.4) is 0 Å². The molecule has 4 bridgehead atoms. The molecule has 340 valence electrons. The molecule has 3 aromatic rings. The maximum absolute atomic E-state index is 14.7. The number of benzene rings is 3. The minimum atomic E-state index is -1.36. The van der Waals surface area contributed by atoms with Crippen LogP contribution in [-0.4, -0.2) is 99.0 Å². The van der Waals surface area contributed by atoms with Gasteiger partial charge in [-0.05, 0) is 91.7 Å². The highest BCUT2D eigenvalue weighted by Gasteiger charge is 2.36. The number of amides is 5. The van der Waals surface area contributed by atoms with Gasteiger partial charge in [0.15, 0.2) is 0 Å². The Balaban J connectivity index is 1.81. The lowest BCUT2D eigenvalue weighted by molar-refractivity contribution is -0.141. The van der Waals surface area contributed by atoms with Crippen molar-refractivity contribution >= 4 is 29.5 Å². The van der Waals surface area contributed by atoms with E-state index < -0.39 is 53.7 Å². The van der Waals surface area contributed by atoms with Gasteiger partial charge in [0.2, 0.25) is 23.6 Å². The number of nitrogens with two attached hydrogens (primary N) is 3. The fourth-order valence-electron chi connectivity index (χ4n) is 7.66. The van der Waals surface area contributed by atoms with Crippen LogP contribution in [0.25, 0.3) is 11.1 Å². The molecule has 0 saturated carbocycles. The van der Waals surface area contributed by atoms with Crippen molar-refractivity contribution in [3.05, 3.63) is 82.4 Å². The van der Waals surface area contributed by atoms with E-state index in [1.54, 1.807) is 49.4 Å². The summed E-state index contributed by atoms with van der Waals surface area (Å²) in [6.07, 6.45) is 6.91. The van der Waals surface area contributed by atoms with Crippen LogP contribution in [0.15, 0.2) is 54.6 Å². The van der Waals surface area contributed by atoms with Crippen LogP contribution in [-0.2, 0) is 32.0 Å². The summed E-state index contributed by atoms with van der Waals surface area (Å²) >= 11 is 0. The third-order valence-electron chi connectivity index (χ3n) is 11.0. The fraction of sp³-hybridized carbons (Fsp3) is 0.489. The number of unbranched alkanes of at least 4 members (excludes halogenated alkanes) is 4. The van der Waals surface area contributed by atoms with Gasteiger partial charge in [0.25, 0.3) is 5.91 Å². The van der Waals surface area contributed by atoms with Crippen molar-refractivity contribution in [3.8, 4) is 28.7 Å². The van der Waals surface area contributed by atoms with Gasteiger partial charge >= 0.3 is 0 Å². The van der Waals surface area contributed by atoms with Crippen LogP contribution in [0.4, 0.5) is 0 Å². The highest BCUT2D eigenvalue weighted by molar-refractivity contribution is 6.00. The molecule has 4 unspecified atom stereocenters. The topological polar surface area (TPSA) is 257 Å². The number of nitriles is 1. The first-order valence-electron chi connectivity index (χ1n) is 22.0. The smallest absolute Gasteiger partial charge is 0.252 e. The standard InChI is InChI=1S/C47H65N9O7/c1-5-7-8-9-10-11-31-12-15-34(30(3)26-31)43(57)54-38(18-19-48)47(61)56(4)42-33-14-17-41(63-25-22-51)36(29-33)35-27-32(13-16-40(35)62-24-21-50)28-39(44(58)52-23-20-49)55-45(59)37(6-2)53-46(42)60/h12-17,26-27,29,37-39,42H,5-11,18-19,21-25,28,48,50-51H2,1-4H3,(H,52,58)(H,53,60)(H,54,57)(H,55,59). The summed E-state index contributed by atoms with van der Waals surface area (Å²) < 4.78 is 12.2. The number of nitrogens with one attached hydrogen (secondary N) is 4. The van der Waals surface area contributed by atoms with Crippen molar-refractivity contribution in [3.63, 3.8) is 0 Å². The lowest BCUT2D eigenvalue weighted by atomic mass is 9.93. The van der Waals surface area contributed by atoms with Gasteiger partial charge < -0.3 is 52.8 Å². The number of likely N-dealkylation sites (N-methyl/N-ethyl adjacent to an activating group) is 1. The highest BCUT2D eigenvalue weighted by atomic mass is 16.5. The fourth-order valence-corrected chi connectivity index (χ4v) is 7.66. The molecule has 4 rings (SSSR count). The lowest BCUT2D eigenvalue weighted by Crippen LogP contribution is -2.56. The number of hydrogen-bond donors (Lipinski definition) is 7. The molecule has 63 heavy (non-hydrogen) atoms. The molecule has 1 aliphatic heterocycles. The van der Waals surface area contributed by atoms with Gasteiger partial charge in [-0.15, -0.1) is 0 Å². The molecular formula is C47H65N9O7. The maximum Gasteiger partial charge on any atom is 0.252 e. The van der Waals surface area contributed by atoms with Crippen molar-refractivity contribution < 1.29 is 33.4 Å². The Morgan fingerprint density at radius 3 is 2.19 bits per heavy atom. The number of carbonyl (C=O) groups is 5. The molecule has 0 radical (unpaired) electrons. The molecule has 10 N–H and O–H groups in total. The van der Waals surface area contributed by atoms with E-state index in [4.69, 9.17) is 26.7 Å². The SMILES string of the molecule is CCCCCCCc1ccc(C(=O)NC(CCN)C(=O)N(C)C2C(=O)NC(CC)C(=O)NC(C(=O)NCC#N)Cc3ccc(OCCN)c(c3)-c3cc2ccc3OCCN)c(C)c1. The molecule has 0 aliphatic carbocycles. The second-order valence-corrected chi connectivity index (χ2v) is 15.7. The van der Waals surface area contributed by atoms with Crippen LogP contribution < -0.4 is 47.9 Å². The third-order valence-corrected chi connectivity index (χ3v) is 11.0. The number of aryl methyl sites for hydroxylation is 2. The Labute approximate surface area is 371 Å². The van der Waals surface area contributed by atoms with E-state index in [-0.39, 0.29) is 58.7 Å². The van der Waals surface area contributed by atoms with E-state index in [1.807, 2.05) is 25.1 Å². The predicted octanol–water partition coefficient (Wildman–Crippen LogP) is 3.07. The summed E-state index contributed by atoms with van der Waals surface area (Å²) in [5.74, 6) is -2.19. The quantitative estimate of drug-likeness (QED) is 0.0605. The number of rotatable bonds is 21. The van der Waals surface area contributed by atoms with Crippen molar-refractivity contribution in [2.45, 2.75) is 103 Å². The number of fused-ring (bicyclic) bond motifs is 5. The normalized spacial score (nSPS) is 16.6. The van der Waals surface area contributed by atoms with Crippen LogP contribution in [0.5, 0.6) is 11.5 Å².